The maximum atomic E-state index is 15.0. The smallest absolute Gasteiger partial charge is 0.327 e. The first-order valence-electron chi connectivity index (χ1n) is 16.1. The molecule has 49 heavy (non-hydrogen) atoms. The Morgan fingerprint density at radius 3 is 2.35 bits per heavy atom. The number of aromatic nitrogens is 1. The largest absolute Gasteiger partial charge is 0.480 e. The van der Waals surface area contributed by atoms with Gasteiger partial charge in [-0.15, -0.1) is 0 Å². The zero-order valence-corrected chi connectivity index (χ0v) is 28.7. The minimum absolute atomic E-state index is 0.0551. The van der Waals surface area contributed by atoms with Gasteiger partial charge in [0.15, 0.2) is 0 Å². The number of amides is 3. The molecule has 0 bridgehead atoms. The number of nitrogens with one attached hydrogen (secondary N) is 1. The summed E-state index contributed by atoms with van der Waals surface area (Å²) in [5, 5.41) is 12.2. The van der Waals surface area contributed by atoms with Crippen LogP contribution in [0.1, 0.15) is 44.5 Å². The van der Waals surface area contributed by atoms with Crippen molar-refractivity contribution in [3.05, 3.63) is 95.8 Å². The van der Waals surface area contributed by atoms with Crippen molar-refractivity contribution in [3.63, 3.8) is 0 Å². The normalized spacial score (nSPS) is 14.5. The zero-order valence-electron chi connectivity index (χ0n) is 27.9. The van der Waals surface area contributed by atoms with Gasteiger partial charge in [-0.25, -0.2) is 13.6 Å². The Balaban J connectivity index is 1.56. The predicted molar refractivity (Wildman–Crippen MR) is 186 cm³/mol. The van der Waals surface area contributed by atoms with E-state index in [1.165, 1.54) is 17.8 Å². The van der Waals surface area contributed by atoms with Crippen LogP contribution in [-0.4, -0.2) is 86.9 Å². The standard InChI is InChI=1S/C36H43F2N5O5S/c1-36(2,3)34(30-18-25(27-19-26(37)10-11-28(27)38)21-42(30)20-24-8-5-4-6-9-24)41(15-7-14-39)16-17-49-23-29(35(47)48)40-31(44)22-43-32(45)12-13-33(43)46/h4-6,8-13,18-19,21,29,34H,7,14-17,20,22-23,39H2,1-3H3,(H,40,44)(H,47,48)/t29-,34-/m0/s1. The average Bonchev–Trinajstić information content (AvgIpc) is 3.59. The molecule has 262 valence electrons. The number of thioether (sulfide) groups is 1. The Bertz CT molecular complexity index is 1660. The second-order valence-corrected chi connectivity index (χ2v) is 14.1. The van der Waals surface area contributed by atoms with Crippen LogP contribution in [0.2, 0.25) is 0 Å². The number of carbonyl (C=O) groups is 4. The molecule has 0 saturated heterocycles. The summed E-state index contributed by atoms with van der Waals surface area (Å²) in [6.45, 7) is 7.90. The number of hydrogen-bond acceptors (Lipinski definition) is 7. The predicted octanol–water partition coefficient (Wildman–Crippen LogP) is 4.45. The van der Waals surface area contributed by atoms with Crippen LogP contribution in [0.3, 0.4) is 0 Å². The average molecular weight is 696 g/mol. The van der Waals surface area contributed by atoms with Gasteiger partial charge >= 0.3 is 5.97 Å². The van der Waals surface area contributed by atoms with Crippen LogP contribution in [0.5, 0.6) is 0 Å². The molecule has 1 aliphatic heterocycles. The van der Waals surface area contributed by atoms with Crippen LogP contribution in [0.4, 0.5) is 8.78 Å². The van der Waals surface area contributed by atoms with E-state index < -0.39 is 47.9 Å². The van der Waals surface area contributed by atoms with Crippen LogP contribution < -0.4 is 11.1 Å². The van der Waals surface area contributed by atoms with Gasteiger partial charge < -0.3 is 20.7 Å². The number of carbonyl (C=O) groups excluding carboxylic acids is 3. The summed E-state index contributed by atoms with van der Waals surface area (Å²) in [5.41, 5.74) is 8.29. The van der Waals surface area contributed by atoms with E-state index in [2.05, 4.69) is 35.6 Å². The van der Waals surface area contributed by atoms with Crippen LogP contribution >= 0.6 is 11.8 Å². The highest BCUT2D eigenvalue weighted by atomic mass is 32.2. The molecule has 0 aliphatic carbocycles. The van der Waals surface area contributed by atoms with E-state index in [0.29, 0.717) is 43.9 Å². The molecule has 1 aliphatic rings. The van der Waals surface area contributed by atoms with E-state index in [1.54, 1.807) is 0 Å². The molecule has 4 rings (SSSR count). The number of halogens is 2. The fraction of sp³-hybridized carbons (Fsp3) is 0.389. The molecule has 4 N–H and O–H groups in total. The molecule has 2 aromatic carbocycles. The second kappa shape index (κ2) is 16.9. The Morgan fingerprint density at radius 2 is 1.71 bits per heavy atom. The van der Waals surface area contributed by atoms with Crippen LogP contribution in [-0.2, 0) is 25.7 Å². The van der Waals surface area contributed by atoms with E-state index in [9.17, 15) is 28.7 Å². The Labute approximate surface area is 289 Å². The van der Waals surface area contributed by atoms with Gasteiger partial charge in [-0.2, -0.15) is 11.8 Å². The molecule has 13 heteroatoms. The maximum Gasteiger partial charge on any atom is 0.327 e. The number of imide groups is 1. The second-order valence-electron chi connectivity index (χ2n) is 13.0. The number of carboxylic acid groups (broad SMARTS) is 1. The summed E-state index contributed by atoms with van der Waals surface area (Å²) in [4.78, 5) is 51.1. The first kappa shape index (κ1) is 37.5. The van der Waals surface area contributed by atoms with Gasteiger partial charge in [0.1, 0.15) is 24.2 Å². The lowest BCUT2D eigenvalue weighted by Gasteiger charge is -2.41. The Morgan fingerprint density at radius 1 is 1.02 bits per heavy atom. The highest BCUT2D eigenvalue weighted by Gasteiger charge is 2.35. The van der Waals surface area contributed by atoms with Crippen LogP contribution in [0, 0.1) is 17.0 Å². The summed E-state index contributed by atoms with van der Waals surface area (Å²) >= 11 is 1.35. The van der Waals surface area contributed by atoms with Crippen molar-refractivity contribution in [2.24, 2.45) is 11.1 Å². The molecule has 0 saturated carbocycles. The van der Waals surface area contributed by atoms with Gasteiger partial charge in [-0.3, -0.25) is 24.2 Å². The SMILES string of the molecule is CC(C)(C)[C@H](c1cc(-c2cc(F)ccc2F)cn1Cc1ccccc1)N(CCCN)CCSC[C@H](NC(=O)CN1C(=O)C=CC1=O)C(=O)O. The van der Waals surface area contributed by atoms with E-state index in [1.807, 2.05) is 42.6 Å². The lowest BCUT2D eigenvalue weighted by atomic mass is 9.83. The third kappa shape index (κ3) is 10.1. The molecular formula is C36H43F2N5O5S. The van der Waals surface area contributed by atoms with Crippen molar-refractivity contribution in [3.8, 4) is 11.1 Å². The van der Waals surface area contributed by atoms with E-state index in [4.69, 9.17) is 5.73 Å². The van der Waals surface area contributed by atoms with Crippen molar-refractivity contribution >= 4 is 35.5 Å². The van der Waals surface area contributed by atoms with E-state index in [0.717, 1.165) is 40.4 Å². The topological polar surface area (TPSA) is 138 Å². The molecule has 0 fully saturated rings. The lowest BCUT2D eigenvalue weighted by molar-refractivity contribution is -0.143. The molecule has 3 aromatic rings. The number of rotatable bonds is 17. The van der Waals surface area contributed by atoms with E-state index in [-0.39, 0.29) is 22.8 Å². The lowest BCUT2D eigenvalue weighted by Crippen LogP contribution is -2.48. The zero-order chi connectivity index (χ0) is 35.7. The van der Waals surface area contributed by atoms with Gasteiger partial charge in [0.05, 0.1) is 6.04 Å². The third-order valence-corrected chi connectivity index (χ3v) is 9.16. The number of aliphatic carboxylic acids is 1. The van der Waals surface area contributed by atoms with Gasteiger partial charge in [0.25, 0.3) is 11.8 Å². The summed E-state index contributed by atoms with van der Waals surface area (Å²) in [6.07, 6.45) is 4.66. The summed E-state index contributed by atoms with van der Waals surface area (Å²) in [6, 6.07) is 13.8. The highest BCUT2D eigenvalue weighted by molar-refractivity contribution is 7.99. The van der Waals surface area contributed by atoms with Gasteiger partial charge in [-0.1, -0.05) is 51.1 Å². The maximum absolute atomic E-state index is 15.0. The molecule has 0 radical (unpaired) electrons. The van der Waals surface area contributed by atoms with Crippen molar-refractivity contribution in [2.75, 3.05) is 37.7 Å². The number of carboxylic acids is 1. The first-order valence-corrected chi connectivity index (χ1v) is 17.2. The van der Waals surface area contributed by atoms with Gasteiger partial charge in [0, 0.05) is 66.3 Å². The minimum Gasteiger partial charge on any atom is -0.480 e. The number of benzene rings is 2. The van der Waals surface area contributed by atoms with Crippen molar-refractivity contribution in [1.29, 1.82) is 0 Å². The monoisotopic (exact) mass is 695 g/mol. The summed E-state index contributed by atoms with van der Waals surface area (Å²) in [7, 11) is 0. The van der Waals surface area contributed by atoms with Gasteiger partial charge in [-0.05, 0) is 48.2 Å². The molecule has 2 heterocycles. The fourth-order valence-electron chi connectivity index (χ4n) is 5.91. The summed E-state index contributed by atoms with van der Waals surface area (Å²) in [5.74, 6) is -3.74. The fourth-order valence-corrected chi connectivity index (χ4v) is 6.90. The highest BCUT2D eigenvalue weighted by Crippen LogP contribution is 2.41. The molecule has 2 atom stereocenters. The third-order valence-electron chi connectivity index (χ3n) is 8.12. The summed E-state index contributed by atoms with van der Waals surface area (Å²) < 4.78 is 31.4. The molecule has 3 amide bonds. The van der Waals surface area contributed by atoms with Gasteiger partial charge in [0.2, 0.25) is 5.91 Å². The first-order chi connectivity index (χ1) is 23.3. The van der Waals surface area contributed by atoms with Crippen molar-refractivity contribution < 1.29 is 33.1 Å². The Hall–Kier alpha value is -4.33. The van der Waals surface area contributed by atoms with Crippen molar-refractivity contribution in [2.45, 2.75) is 45.8 Å². The molecule has 0 unspecified atom stereocenters. The number of nitrogens with zero attached hydrogens (tertiary/aromatic N) is 3. The Kier molecular flexibility index (Phi) is 12.9. The molecule has 1 aromatic heterocycles. The van der Waals surface area contributed by atoms with Crippen LogP contribution in [0.15, 0.2) is 72.9 Å². The number of nitrogens with two attached hydrogens (primary N) is 1. The minimum atomic E-state index is -1.24. The molecule has 0 spiro atoms. The number of hydrogen-bond donors (Lipinski definition) is 3. The molecular weight excluding hydrogens is 652 g/mol. The van der Waals surface area contributed by atoms with Crippen molar-refractivity contribution in [1.82, 2.24) is 19.7 Å². The quantitative estimate of drug-likeness (QED) is 0.139. The molecule has 10 nitrogen and oxygen atoms in total. The van der Waals surface area contributed by atoms with Crippen LogP contribution in [0.25, 0.3) is 11.1 Å². The van der Waals surface area contributed by atoms with E-state index >= 15 is 4.39 Å².